The molecule has 1 fully saturated rings. The van der Waals surface area contributed by atoms with E-state index in [1.54, 1.807) is 12.1 Å². The molecule has 2 atom stereocenters. The number of rotatable bonds is 5. The van der Waals surface area contributed by atoms with Crippen LogP contribution in [0.5, 0.6) is 0 Å². The van der Waals surface area contributed by atoms with Gasteiger partial charge in [-0.05, 0) is 62.3 Å². The van der Waals surface area contributed by atoms with Crippen LogP contribution in [0.3, 0.4) is 0 Å². The molecular weight excluding hydrogens is 516 g/mol. The van der Waals surface area contributed by atoms with Crippen LogP contribution in [-0.4, -0.2) is 25.6 Å². The number of anilines is 1. The SMILES string of the molecule is Cc1ccc(S(=O)(=O)N[C@@H]2CCCC[C@H]2NC(=S)Nc2cc(C(F)(F)F)cc(C(F)(F)F)c2)cc1. The van der Waals surface area contributed by atoms with E-state index in [-0.39, 0.29) is 16.1 Å². The third-order valence-electron chi connectivity index (χ3n) is 5.57. The van der Waals surface area contributed by atoms with E-state index in [0.29, 0.717) is 25.0 Å². The minimum Gasteiger partial charge on any atom is -0.358 e. The first kappa shape index (κ1) is 27.2. The first-order valence-electron chi connectivity index (χ1n) is 10.6. The lowest BCUT2D eigenvalue weighted by Gasteiger charge is -2.33. The number of aryl methyl sites for hydroxylation is 1. The molecule has 13 heteroatoms. The molecule has 1 saturated carbocycles. The Morgan fingerprint density at radius 2 is 1.40 bits per heavy atom. The molecule has 3 N–H and O–H groups in total. The number of halogens is 6. The number of nitrogens with one attached hydrogen (secondary N) is 3. The zero-order chi connectivity index (χ0) is 26.0. The zero-order valence-corrected chi connectivity index (χ0v) is 20.1. The average Bonchev–Trinajstić information content (AvgIpc) is 2.74. The van der Waals surface area contributed by atoms with Crippen molar-refractivity contribution in [2.24, 2.45) is 0 Å². The summed E-state index contributed by atoms with van der Waals surface area (Å²) >= 11 is 5.13. The van der Waals surface area contributed by atoms with Gasteiger partial charge in [0.25, 0.3) is 0 Å². The Balaban J connectivity index is 1.75. The molecule has 35 heavy (non-hydrogen) atoms. The summed E-state index contributed by atoms with van der Waals surface area (Å²) in [5.41, 5.74) is -2.55. The molecule has 0 heterocycles. The third-order valence-corrected chi connectivity index (χ3v) is 7.29. The summed E-state index contributed by atoms with van der Waals surface area (Å²) in [6.45, 7) is 1.82. The van der Waals surface area contributed by atoms with Gasteiger partial charge in [0, 0.05) is 17.8 Å². The molecule has 2 aromatic carbocycles. The lowest BCUT2D eigenvalue weighted by atomic mass is 9.91. The van der Waals surface area contributed by atoms with Gasteiger partial charge in [-0.2, -0.15) is 26.3 Å². The normalized spacial score (nSPS) is 19.3. The summed E-state index contributed by atoms with van der Waals surface area (Å²) in [5, 5.41) is 5.01. The molecule has 5 nitrogen and oxygen atoms in total. The van der Waals surface area contributed by atoms with E-state index in [1.165, 1.54) is 12.1 Å². The van der Waals surface area contributed by atoms with Crippen LogP contribution in [0.1, 0.15) is 42.4 Å². The minimum atomic E-state index is -4.99. The first-order valence-corrected chi connectivity index (χ1v) is 12.5. The van der Waals surface area contributed by atoms with E-state index < -0.39 is 51.3 Å². The largest absolute Gasteiger partial charge is 0.416 e. The summed E-state index contributed by atoms with van der Waals surface area (Å²) in [4.78, 5) is 0.0803. The third kappa shape index (κ3) is 7.31. The molecule has 0 radical (unpaired) electrons. The van der Waals surface area contributed by atoms with E-state index in [1.807, 2.05) is 6.92 Å². The highest BCUT2D eigenvalue weighted by Gasteiger charge is 2.37. The Morgan fingerprint density at radius 1 is 0.886 bits per heavy atom. The van der Waals surface area contributed by atoms with E-state index in [4.69, 9.17) is 12.2 Å². The molecular formula is C22H23F6N3O2S2. The fourth-order valence-electron chi connectivity index (χ4n) is 3.79. The fraction of sp³-hybridized carbons (Fsp3) is 0.409. The highest BCUT2D eigenvalue weighted by molar-refractivity contribution is 7.89. The van der Waals surface area contributed by atoms with Crippen molar-refractivity contribution in [2.45, 2.75) is 61.9 Å². The molecule has 2 aromatic rings. The second kappa shape index (κ2) is 10.3. The Bertz CT molecular complexity index is 1130. The fourth-order valence-corrected chi connectivity index (χ4v) is 5.37. The van der Waals surface area contributed by atoms with Gasteiger partial charge in [0.15, 0.2) is 5.11 Å². The highest BCUT2D eigenvalue weighted by Crippen LogP contribution is 2.37. The molecule has 3 rings (SSSR count). The minimum absolute atomic E-state index is 0.0265. The van der Waals surface area contributed by atoms with Crippen molar-refractivity contribution in [3.05, 3.63) is 59.2 Å². The molecule has 192 valence electrons. The summed E-state index contributed by atoms with van der Waals surface area (Å²) in [6, 6.07) is 6.26. The van der Waals surface area contributed by atoms with Crippen LogP contribution in [0.2, 0.25) is 0 Å². The van der Waals surface area contributed by atoms with Crippen LogP contribution < -0.4 is 15.4 Å². The Hall–Kier alpha value is -2.38. The lowest BCUT2D eigenvalue weighted by Crippen LogP contribution is -2.53. The van der Waals surface area contributed by atoms with E-state index in [9.17, 15) is 34.8 Å². The quantitative estimate of drug-likeness (QED) is 0.341. The maximum absolute atomic E-state index is 13.1. The first-order chi connectivity index (χ1) is 16.1. The topological polar surface area (TPSA) is 70.2 Å². The molecule has 0 bridgehead atoms. The van der Waals surface area contributed by atoms with Crippen molar-refractivity contribution in [1.29, 1.82) is 0 Å². The highest BCUT2D eigenvalue weighted by atomic mass is 32.2. The molecule has 1 aliphatic rings. The predicted octanol–water partition coefficient (Wildman–Crippen LogP) is 5.61. The lowest BCUT2D eigenvalue weighted by molar-refractivity contribution is -0.143. The number of hydrogen-bond acceptors (Lipinski definition) is 3. The van der Waals surface area contributed by atoms with Crippen LogP contribution in [0, 0.1) is 6.92 Å². The maximum Gasteiger partial charge on any atom is 0.416 e. The molecule has 0 aromatic heterocycles. The van der Waals surface area contributed by atoms with Gasteiger partial charge in [-0.15, -0.1) is 0 Å². The Kier molecular flexibility index (Phi) is 8.02. The Morgan fingerprint density at radius 3 is 1.91 bits per heavy atom. The second-order valence-corrected chi connectivity index (χ2v) is 10.4. The van der Waals surface area contributed by atoms with Gasteiger partial charge in [-0.1, -0.05) is 30.5 Å². The number of sulfonamides is 1. The van der Waals surface area contributed by atoms with Crippen molar-refractivity contribution < 1.29 is 34.8 Å². The smallest absolute Gasteiger partial charge is 0.358 e. The summed E-state index contributed by atoms with van der Waals surface area (Å²) in [7, 11) is -3.85. The van der Waals surface area contributed by atoms with Gasteiger partial charge < -0.3 is 10.6 Å². The predicted molar refractivity (Wildman–Crippen MR) is 123 cm³/mol. The van der Waals surface area contributed by atoms with E-state index >= 15 is 0 Å². The van der Waals surface area contributed by atoms with Crippen LogP contribution >= 0.6 is 12.2 Å². The number of thiocarbonyl (C=S) groups is 1. The van der Waals surface area contributed by atoms with Crippen LogP contribution in [-0.2, 0) is 22.4 Å². The maximum atomic E-state index is 13.1. The van der Waals surface area contributed by atoms with E-state index in [0.717, 1.165) is 18.4 Å². The average molecular weight is 540 g/mol. The van der Waals surface area contributed by atoms with E-state index in [2.05, 4.69) is 15.4 Å². The van der Waals surface area contributed by atoms with Gasteiger partial charge in [0.2, 0.25) is 10.0 Å². The molecule has 0 saturated heterocycles. The van der Waals surface area contributed by atoms with Gasteiger partial charge >= 0.3 is 12.4 Å². The number of hydrogen-bond donors (Lipinski definition) is 3. The zero-order valence-electron chi connectivity index (χ0n) is 18.4. The molecule has 0 unspecified atom stereocenters. The van der Waals surface area contributed by atoms with Crippen molar-refractivity contribution >= 4 is 33.0 Å². The number of benzene rings is 2. The van der Waals surface area contributed by atoms with Crippen LogP contribution in [0.25, 0.3) is 0 Å². The summed E-state index contributed by atoms with van der Waals surface area (Å²) in [6.07, 6.45) is -7.52. The van der Waals surface area contributed by atoms with Gasteiger partial charge in [-0.3, -0.25) is 0 Å². The molecule has 1 aliphatic carbocycles. The van der Waals surface area contributed by atoms with Gasteiger partial charge in [0.1, 0.15) is 0 Å². The Labute approximate surface area is 204 Å². The van der Waals surface area contributed by atoms with Gasteiger partial charge in [0.05, 0.1) is 16.0 Å². The molecule has 0 amide bonds. The standard InChI is InChI=1S/C22H23F6N3O2S2/c1-13-6-8-17(9-7-13)35(32,33)31-19-5-3-2-4-18(19)30-20(34)29-16-11-14(21(23,24)25)10-15(12-16)22(26,27)28/h6-12,18-19,31H,2-5H2,1H3,(H2,29,30,34)/t18-,19-/m1/s1. The van der Waals surface area contributed by atoms with Gasteiger partial charge in [-0.25, -0.2) is 13.1 Å². The summed E-state index contributed by atoms with van der Waals surface area (Å²) < 4.78 is 107. The molecule has 0 aliphatic heterocycles. The van der Waals surface area contributed by atoms with Crippen molar-refractivity contribution in [3.63, 3.8) is 0 Å². The van der Waals surface area contributed by atoms with Crippen LogP contribution in [0.15, 0.2) is 47.4 Å². The van der Waals surface area contributed by atoms with Crippen molar-refractivity contribution in [2.75, 3.05) is 5.32 Å². The monoisotopic (exact) mass is 539 g/mol. The summed E-state index contributed by atoms with van der Waals surface area (Å²) in [5.74, 6) is 0. The van der Waals surface area contributed by atoms with Crippen molar-refractivity contribution in [1.82, 2.24) is 10.0 Å². The molecule has 0 spiro atoms. The second-order valence-electron chi connectivity index (χ2n) is 8.32. The van der Waals surface area contributed by atoms with Crippen LogP contribution in [0.4, 0.5) is 32.0 Å². The van der Waals surface area contributed by atoms with Crippen molar-refractivity contribution in [3.8, 4) is 0 Å². The number of alkyl halides is 6.